The lowest BCUT2D eigenvalue weighted by atomic mass is 10.2. The van der Waals surface area contributed by atoms with E-state index in [1.165, 1.54) is 0 Å². The van der Waals surface area contributed by atoms with Gasteiger partial charge in [-0.25, -0.2) is 0 Å². The summed E-state index contributed by atoms with van der Waals surface area (Å²) in [6.45, 7) is 11.2. The average Bonchev–Trinajstić information content (AvgIpc) is 2.55. The minimum Gasteiger partial charge on any atom is -0.253 e. The first-order chi connectivity index (χ1) is 5.74. The molecule has 0 fully saturated rings. The van der Waals surface area contributed by atoms with Crippen LogP contribution in [-0.2, 0) is 6.54 Å². The zero-order valence-corrected chi connectivity index (χ0v) is 8.70. The summed E-state index contributed by atoms with van der Waals surface area (Å²) in [6, 6.07) is 0. The van der Waals surface area contributed by atoms with Crippen LogP contribution in [0.4, 0.5) is 0 Å². The van der Waals surface area contributed by atoms with Crippen molar-refractivity contribution in [2.75, 3.05) is 0 Å². The van der Waals surface area contributed by atoms with Crippen molar-refractivity contribution in [3.05, 3.63) is 11.9 Å². The molecule has 0 unspecified atom stereocenters. The molecule has 0 bridgehead atoms. The van der Waals surface area contributed by atoms with Crippen LogP contribution in [0.3, 0.4) is 0 Å². The number of aryl methyl sites for hydroxylation is 1. The van der Waals surface area contributed by atoms with E-state index in [1.54, 1.807) is 0 Å². The Bertz CT molecular complexity index is 203. The fourth-order valence-corrected chi connectivity index (χ4v) is 0.732. The number of rotatable bonds is 2. The van der Waals surface area contributed by atoms with E-state index >= 15 is 0 Å². The van der Waals surface area contributed by atoms with Gasteiger partial charge < -0.3 is 0 Å². The third kappa shape index (κ3) is 3.03. The van der Waals surface area contributed by atoms with Crippen LogP contribution in [0.25, 0.3) is 0 Å². The van der Waals surface area contributed by atoms with Crippen LogP contribution in [0.15, 0.2) is 6.20 Å². The van der Waals surface area contributed by atoms with Crippen LogP contribution < -0.4 is 0 Å². The first-order valence-corrected chi connectivity index (χ1v) is 4.64. The van der Waals surface area contributed by atoms with Crippen LogP contribution in [0.1, 0.15) is 46.2 Å². The van der Waals surface area contributed by atoms with E-state index in [1.807, 2.05) is 24.7 Å². The largest absolute Gasteiger partial charge is 0.253 e. The molecule has 1 aromatic rings. The van der Waals surface area contributed by atoms with E-state index in [-0.39, 0.29) is 0 Å². The molecule has 0 saturated carbocycles. The predicted molar refractivity (Wildman–Crippen MR) is 51.1 cm³/mol. The lowest BCUT2D eigenvalue weighted by Crippen LogP contribution is -1.93. The van der Waals surface area contributed by atoms with Crippen LogP contribution in [-0.4, -0.2) is 15.0 Å². The third-order valence-electron chi connectivity index (χ3n) is 1.47. The number of nitrogens with zero attached hydrogens (tertiary/aromatic N) is 3. The molecule has 0 spiro atoms. The molecular weight excluding hydrogens is 150 g/mol. The molecule has 0 atom stereocenters. The molecule has 1 heterocycles. The Morgan fingerprint density at radius 3 is 2.25 bits per heavy atom. The van der Waals surface area contributed by atoms with E-state index in [9.17, 15) is 0 Å². The average molecular weight is 169 g/mol. The van der Waals surface area contributed by atoms with Crippen LogP contribution in [0.2, 0.25) is 0 Å². The number of hydrogen-bond donors (Lipinski definition) is 0. The van der Waals surface area contributed by atoms with Gasteiger partial charge in [0.1, 0.15) is 0 Å². The van der Waals surface area contributed by atoms with E-state index in [0.29, 0.717) is 5.92 Å². The summed E-state index contributed by atoms with van der Waals surface area (Å²) in [5, 5.41) is 7.92. The van der Waals surface area contributed by atoms with E-state index in [2.05, 4.69) is 31.1 Å². The molecule has 0 amide bonds. The second kappa shape index (κ2) is 5.75. The van der Waals surface area contributed by atoms with Gasteiger partial charge in [-0.05, 0) is 12.8 Å². The molecule has 0 radical (unpaired) electrons. The summed E-state index contributed by atoms with van der Waals surface area (Å²) in [6.07, 6.45) is 1.99. The first-order valence-electron chi connectivity index (χ1n) is 4.64. The maximum Gasteiger partial charge on any atom is 0.0852 e. The van der Waals surface area contributed by atoms with Crippen molar-refractivity contribution in [2.24, 2.45) is 0 Å². The molecule has 0 aliphatic rings. The standard InChI is InChI=1S/C7H13N3.C2H6/c1-4-10-5-7(6(2)3)8-9-10;1-2/h5-6H,4H2,1-3H3;1-2H3. The van der Waals surface area contributed by atoms with Gasteiger partial charge in [0.15, 0.2) is 0 Å². The number of hydrogen-bond acceptors (Lipinski definition) is 2. The molecule has 70 valence electrons. The normalized spacial score (nSPS) is 9.50. The van der Waals surface area contributed by atoms with Crippen molar-refractivity contribution in [2.45, 2.75) is 47.1 Å². The quantitative estimate of drug-likeness (QED) is 0.680. The van der Waals surface area contributed by atoms with Crippen molar-refractivity contribution in [1.29, 1.82) is 0 Å². The molecule has 1 rings (SSSR count). The van der Waals surface area contributed by atoms with Crippen molar-refractivity contribution in [3.8, 4) is 0 Å². The minimum absolute atomic E-state index is 0.486. The Kier molecular flexibility index (Phi) is 5.34. The lowest BCUT2D eigenvalue weighted by molar-refractivity contribution is 0.626. The van der Waals surface area contributed by atoms with E-state index < -0.39 is 0 Å². The number of aromatic nitrogens is 3. The summed E-state index contributed by atoms with van der Waals surface area (Å²) >= 11 is 0. The molecule has 0 aliphatic carbocycles. The Morgan fingerprint density at radius 1 is 1.42 bits per heavy atom. The van der Waals surface area contributed by atoms with E-state index in [4.69, 9.17) is 0 Å². The maximum atomic E-state index is 4.00. The van der Waals surface area contributed by atoms with E-state index in [0.717, 1.165) is 12.2 Å². The highest BCUT2D eigenvalue weighted by Gasteiger charge is 2.02. The van der Waals surface area contributed by atoms with Crippen molar-refractivity contribution < 1.29 is 0 Å². The van der Waals surface area contributed by atoms with Crippen LogP contribution in [0, 0.1) is 0 Å². The molecule has 3 heteroatoms. The Morgan fingerprint density at radius 2 is 2.00 bits per heavy atom. The Balaban J connectivity index is 0.000000561. The van der Waals surface area contributed by atoms with Gasteiger partial charge in [0.25, 0.3) is 0 Å². The highest BCUT2D eigenvalue weighted by atomic mass is 15.4. The van der Waals surface area contributed by atoms with Crippen LogP contribution >= 0.6 is 0 Å². The molecule has 1 aromatic heterocycles. The summed E-state index contributed by atoms with van der Waals surface area (Å²) in [7, 11) is 0. The summed E-state index contributed by atoms with van der Waals surface area (Å²) in [5.41, 5.74) is 1.07. The van der Waals surface area contributed by atoms with Gasteiger partial charge in [-0.2, -0.15) is 0 Å². The molecule has 0 N–H and O–H groups in total. The third-order valence-corrected chi connectivity index (χ3v) is 1.47. The van der Waals surface area contributed by atoms with Crippen molar-refractivity contribution in [1.82, 2.24) is 15.0 Å². The molecule has 0 aromatic carbocycles. The zero-order valence-electron chi connectivity index (χ0n) is 8.70. The van der Waals surface area contributed by atoms with Gasteiger partial charge in [-0.15, -0.1) is 5.10 Å². The smallest absolute Gasteiger partial charge is 0.0852 e. The lowest BCUT2D eigenvalue weighted by Gasteiger charge is -1.94. The highest BCUT2D eigenvalue weighted by Crippen LogP contribution is 2.08. The fourth-order valence-electron chi connectivity index (χ4n) is 0.732. The van der Waals surface area contributed by atoms with Crippen molar-refractivity contribution in [3.63, 3.8) is 0 Å². The molecule has 0 aliphatic heterocycles. The first kappa shape index (κ1) is 11.1. The van der Waals surface area contributed by atoms with Gasteiger partial charge in [-0.3, -0.25) is 4.68 Å². The molecule has 0 saturated heterocycles. The van der Waals surface area contributed by atoms with Crippen LogP contribution in [0.5, 0.6) is 0 Å². The molecule has 12 heavy (non-hydrogen) atoms. The van der Waals surface area contributed by atoms with Gasteiger partial charge in [0, 0.05) is 12.7 Å². The fraction of sp³-hybridized carbons (Fsp3) is 0.778. The Hall–Kier alpha value is -0.860. The topological polar surface area (TPSA) is 30.7 Å². The minimum atomic E-state index is 0.486. The van der Waals surface area contributed by atoms with Gasteiger partial charge in [-0.1, -0.05) is 32.9 Å². The summed E-state index contributed by atoms with van der Waals surface area (Å²) in [5.74, 6) is 0.486. The van der Waals surface area contributed by atoms with Gasteiger partial charge in [0.2, 0.25) is 0 Å². The molecular formula is C9H19N3. The Labute approximate surface area is 74.8 Å². The molecule has 3 nitrogen and oxygen atoms in total. The van der Waals surface area contributed by atoms with Gasteiger partial charge in [0.05, 0.1) is 5.69 Å². The monoisotopic (exact) mass is 169 g/mol. The summed E-state index contributed by atoms with van der Waals surface area (Å²) < 4.78 is 1.84. The predicted octanol–water partition coefficient (Wildman–Crippen LogP) is 2.45. The summed E-state index contributed by atoms with van der Waals surface area (Å²) in [4.78, 5) is 0. The maximum absolute atomic E-state index is 4.00. The van der Waals surface area contributed by atoms with Gasteiger partial charge >= 0.3 is 0 Å². The SMILES string of the molecule is CC.CCn1cc(C(C)C)nn1. The van der Waals surface area contributed by atoms with Crippen molar-refractivity contribution >= 4 is 0 Å². The highest BCUT2D eigenvalue weighted by molar-refractivity contribution is 4.97. The second-order valence-electron chi connectivity index (χ2n) is 2.65. The zero-order chi connectivity index (χ0) is 9.56. The second-order valence-corrected chi connectivity index (χ2v) is 2.65.